The maximum absolute atomic E-state index is 6.51. The lowest BCUT2D eigenvalue weighted by atomic mass is 9.83. The Kier molecular flexibility index (Phi) is 15.0. The van der Waals surface area contributed by atoms with E-state index in [1.807, 2.05) is 0 Å². The molecule has 4 nitrogen and oxygen atoms in total. The topological polar surface area (TPSA) is 27.3 Å². The van der Waals surface area contributed by atoms with Gasteiger partial charge >= 0.3 is 7.12 Å². The average Bonchev–Trinajstić information content (AvgIpc) is 3.38. The lowest BCUT2D eigenvalue weighted by Crippen LogP contribution is -2.41. The van der Waals surface area contributed by atoms with Crippen molar-refractivity contribution in [1.82, 2.24) is 4.57 Å². The molecule has 0 N–H and O–H groups in total. The van der Waals surface area contributed by atoms with Crippen LogP contribution in [0, 0.1) is 0 Å². The molecule has 0 radical (unpaired) electrons. The number of alkyl halides is 2. The Morgan fingerprint density at radius 1 is 0.674 bits per heavy atom. The van der Waals surface area contributed by atoms with Gasteiger partial charge in [0.15, 0.2) is 0 Å². The number of halogens is 2. The number of benzene rings is 2. The summed E-state index contributed by atoms with van der Waals surface area (Å²) >= 11 is 7.14. The van der Waals surface area contributed by atoms with E-state index < -0.39 is 0 Å². The molecule has 0 saturated carbocycles. The van der Waals surface area contributed by atoms with Crippen LogP contribution in [0.4, 0.5) is 0 Å². The van der Waals surface area contributed by atoms with Crippen molar-refractivity contribution in [2.45, 2.75) is 111 Å². The Balaban J connectivity index is 2.28. The summed E-state index contributed by atoms with van der Waals surface area (Å²) < 4.78 is 17.9. The molecule has 1 aromatic heterocycles. The molecular formula is C36H54BBr2N2O2+. The zero-order valence-electron chi connectivity index (χ0n) is 27.8. The molecule has 0 aliphatic carbocycles. The molecule has 0 spiro atoms. The lowest BCUT2D eigenvalue weighted by Gasteiger charge is -2.21. The number of hydrogen-bond donors (Lipinski definition) is 0. The first-order valence-corrected chi connectivity index (χ1v) is 18.6. The minimum absolute atomic E-state index is 0.326. The third-order valence-corrected chi connectivity index (χ3v) is 9.22. The van der Waals surface area contributed by atoms with Gasteiger partial charge in [0.1, 0.15) is 23.8 Å². The highest BCUT2D eigenvalue weighted by Gasteiger charge is 2.34. The van der Waals surface area contributed by atoms with E-state index >= 15 is 0 Å². The molecule has 0 unspecified atom stereocenters. The van der Waals surface area contributed by atoms with Gasteiger partial charge in [0.25, 0.3) is 5.82 Å². The molecule has 0 aliphatic rings. The van der Waals surface area contributed by atoms with Crippen molar-refractivity contribution in [1.29, 1.82) is 0 Å². The monoisotopic (exact) mass is 715 g/mol. The Hall–Kier alpha value is -1.41. The summed E-state index contributed by atoms with van der Waals surface area (Å²) in [5.74, 6) is 2.76. The summed E-state index contributed by atoms with van der Waals surface area (Å²) in [7, 11) is -0.326. The first-order chi connectivity index (χ1) is 20.6. The second-order valence-electron chi connectivity index (χ2n) is 12.8. The molecule has 3 rings (SSSR count). The molecule has 0 amide bonds. The van der Waals surface area contributed by atoms with Crippen LogP contribution < -0.4 is 4.57 Å². The standard InChI is InChI=1S/C36H54BBr2N2O2/c1-26(2)30-15-13-16-31(27(3)4)35(30)40-21-22-41(36-32(28(5)6)17-14-18-33(36)29(7)8)34(40)25-37(42-23-11-9-19-38)43-24-12-10-20-39/h13-18,21-22,26-29H,9-12,19-20,23-25H2,1-8H3/q+1. The highest BCUT2D eigenvalue weighted by Crippen LogP contribution is 2.33. The molecule has 43 heavy (non-hydrogen) atoms. The quantitative estimate of drug-likeness (QED) is 0.0567. The maximum atomic E-state index is 6.51. The van der Waals surface area contributed by atoms with E-state index in [0.717, 1.165) is 36.3 Å². The fourth-order valence-corrected chi connectivity index (χ4v) is 6.54. The van der Waals surface area contributed by atoms with Gasteiger partial charge < -0.3 is 9.31 Å². The molecule has 2 aromatic carbocycles. The van der Waals surface area contributed by atoms with E-state index in [0.29, 0.717) is 43.2 Å². The Bertz CT molecular complexity index is 1130. The predicted molar refractivity (Wildman–Crippen MR) is 191 cm³/mol. The maximum Gasteiger partial charge on any atom is 0.469 e. The number of aromatic nitrogens is 2. The molecular weight excluding hydrogens is 663 g/mol. The zero-order chi connectivity index (χ0) is 31.5. The van der Waals surface area contributed by atoms with E-state index in [2.05, 4.69) is 145 Å². The van der Waals surface area contributed by atoms with Gasteiger partial charge in [-0.2, -0.15) is 9.13 Å². The van der Waals surface area contributed by atoms with Crippen molar-refractivity contribution in [3.8, 4) is 11.4 Å². The number of unbranched alkanes of at least 4 members (excludes halogenated alkanes) is 2. The van der Waals surface area contributed by atoms with Crippen molar-refractivity contribution in [2.24, 2.45) is 0 Å². The number of para-hydroxylation sites is 2. The van der Waals surface area contributed by atoms with Gasteiger partial charge in [-0.15, -0.1) is 0 Å². The number of hydrogen-bond acceptors (Lipinski definition) is 2. The molecule has 236 valence electrons. The summed E-state index contributed by atoms with van der Waals surface area (Å²) in [6, 6.07) is 13.6. The number of imidazole rings is 1. The smallest absolute Gasteiger partial charge is 0.411 e. The van der Waals surface area contributed by atoms with E-state index in [9.17, 15) is 0 Å². The summed E-state index contributed by atoms with van der Waals surface area (Å²) in [6.07, 6.45) is 9.40. The Morgan fingerprint density at radius 2 is 1.12 bits per heavy atom. The Morgan fingerprint density at radius 3 is 1.53 bits per heavy atom. The van der Waals surface area contributed by atoms with E-state index in [1.165, 1.54) is 39.5 Å². The molecule has 1 heterocycles. The summed E-state index contributed by atoms with van der Waals surface area (Å²) in [5.41, 5.74) is 8.06. The average molecular weight is 717 g/mol. The van der Waals surface area contributed by atoms with Gasteiger partial charge in [0, 0.05) is 46.1 Å². The molecule has 0 saturated heterocycles. The van der Waals surface area contributed by atoms with Crippen molar-refractivity contribution < 1.29 is 13.9 Å². The van der Waals surface area contributed by atoms with Gasteiger partial charge in [-0.25, -0.2) is 0 Å². The van der Waals surface area contributed by atoms with E-state index in [1.54, 1.807) is 0 Å². The summed E-state index contributed by atoms with van der Waals surface area (Å²) in [4.78, 5) is 0. The first-order valence-electron chi connectivity index (χ1n) is 16.4. The van der Waals surface area contributed by atoms with Crippen LogP contribution in [0.15, 0.2) is 48.8 Å². The summed E-state index contributed by atoms with van der Waals surface area (Å²) in [5, 5.41) is 1.98. The van der Waals surface area contributed by atoms with Crippen molar-refractivity contribution in [3.63, 3.8) is 0 Å². The molecule has 3 aromatic rings. The third kappa shape index (κ3) is 9.54. The molecule has 7 heteroatoms. The number of nitrogens with zero attached hydrogens (tertiary/aromatic N) is 2. The summed E-state index contributed by atoms with van der Waals surface area (Å²) in [6.45, 7) is 19.8. The van der Waals surface area contributed by atoms with Crippen molar-refractivity contribution in [3.05, 3.63) is 76.9 Å². The van der Waals surface area contributed by atoms with Gasteiger partial charge in [-0.3, -0.25) is 0 Å². The second-order valence-corrected chi connectivity index (χ2v) is 14.4. The van der Waals surface area contributed by atoms with Crippen molar-refractivity contribution >= 4 is 39.0 Å². The van der Waals surface area contributed by atoms with Gasteiger partial charge in [0.05, 0.1) is 6.32 Å². The van der Waals surface area contributed by atoms with E-state index in [4.69, 9.17) is 9.31 Å². The van der Waals surface area contributed by atoms with Gasteiger partial charge in [-0.1, -0.05) is 124 Å². The van der Waals surface area contributed by atoms with Crippen LogP contribution in [0.5, 0.6) is 0 Å². The second kappa shape index (κ2) is 17.9. The lowest BCUT2D eigenvalue weighted by molar-refractivity contribution is -0.604. The normalized spacial score (nSPS) is 12.0. The first kappa shape index (κ1) is 36.1. The van der Waals surface area contributed by atoms with Crippen LogP contribution in [0.25, 0.3) is 11.4 Å². The Labute approximate surface area is 279 Å². The number of rotatable bonds is 18. The molecule has 0 fully saturated rings. The fraction of sp³-hybridized carbons (Fsp3) is 0.583. The van der Waals surface area contributed by atoms with Gasteiger partial charge in [-0.05, 0) is 49.4 Å². The minimum atomic E-state index is -0.326. The van der Waals surface area contributed by atoms with Crippen LogP contribution in [0.2, 0.25) is 0 Å². The molecule has 0 atom stereocenters. The fourth-order valence-electron chi connectivity index (χ4n) is 5.74. The van der Waals surface area contributed by atoms with Crippen LogP contribution in [-0.2, 0) is 15.6 Å². The SMILES string of the molecule is CC(C)c1cccc(C(C)C)c1-n1cc[n+](-c2c(C(C)C)cccc2C(C)C)c1CB(OCCCCBr)OCCCCBr. The zero-order valence-corrected chi connectivity index (χ0v) is 31.0. The highest BCUT2D eigenvalue weighted by molar-refractivity contribution is 9.09. The molecule has 0 bridgehead atoms. The third-order valence-electron chi connectivity index (χ3n) is 8.10. The van der Waals surface area contributed by atoms with Crippen molar-refractivity contribution in [2.75, 3.05) is 23.9 Å². The minimum Gasteiger partial charge on any atom is -0.411 e. The van der Waals surface area contributed by atoms with Crippen LogP contribution in [0.1, 0.15) is 133 Å². The molecule has 0 aliphatic heterocycles. The van der Waals surface area contributed by atoms with Crippen LogP contribution in [0.3, 0.4) is 0 Å². The predicted octanol–water partition coefficient (Wildman–Crippen LogP) is 10.2. The van der Waals surface area contributed by atoms with E-state index in [-0.39, 0.29) is 7.12 Å². The van der Waals surface area contributed by atoms with Gasteiger partial charge in [0.2, 0.25) is 0 Å². The largest absolute Gasteiger partial charge is 0.469 e. The highest BCUT2D eigenvalue weighted by atomic mass is 79.9. The van der Waals surface area contributed by atoms with Crippen LogP contribution >= 0.6 is 31.9 Å². The van der Waals surface area contributed by atoms with Crippen LogP contribution in [-0.4, -0.2) is 35.6 Å².